The zero-order valence-corrected chi connectivity index (χ0v) is 10.4. The van der Waals surface area contributed by atoms with Crippen LogP contribution in [0.15, 0.2) is 12.7 Å². The van der Waals surface area contributed by atoms with Crippen LogP contribution in [0.4, 0.5) is 0 Å². The van der Waals surface area contributed by atoms with Gasteiger partial charge in [-0.25, -0.2) is 0 Å². The van der Waals surface area contributed by atoms with Crippen LogP contribution in [0.25, 0.3) is 0 Å². The van der Waals surface area contributed by atoms with Crippen LogP contribution in [-0.4, -0.2) is 31.4 Å². The molecule has 3 N–H and O–H groups in total. The molecule has 0 aromatic heterocycles. The fourth-order valence-corrected chi connectivity index (χ4v) is 2.10. The van der Waals surface area contributed by atoms with Gasteiger partial charge in [0.05, 0.1) is 0 Å². The van der Waals surface area contributed by atoms with E-state index in [0.29, 0.717) is 12.0 Å². The average molecular weight is 223 g/mol. The minimum atomic E-state index is 0.358. The van der Waals surface area contributed by atoms with E-state index in [0.717, 1.165) is 51.0 Å². The Morgan fingerprint density at radius 2 is 2.31 bits per heavy atom. The van der Waals surface area contributed by atoms with E-state index in [9.17, 15) is 0 Å². The van der Waals surface area contributed by atoms with Crippen molar-refractivity contribution in [3.63, 3.8) is 0 Å². The van der Waals surface area contributed by atoms with E-state index in [-0.39, 0.29) is 0 Å². The van der Waals surface area contributed by atoms with Gasteiger partial charge in [-0.05, 0) is 25.7 Å². The van der Waals surface area contributed by atoms with Crippen molar-refractivity contribution in [1.29, 1.82) is 5.41 Å². The number of hydrogen-bond donors (Lipinski definition) is 3. The lowest BCUT2D eigenvalue weighted by Crippen LogP contribution is -2.52. The molecule has 0 aliphatic carbocycles. The summed E-state index contributed by atoms with van der Waals surface area (Å²) in [6, 6.07) is 0.445. The minimum Gasteiger partial charge on any atom is -0.314 e. The van der Waals surface area contributed by atoms with E-state index < -0.39 is 0 Å². The van der Waals surface area contributed by atoms with Crippen LogP contribution in [0.3, 0.4) is 0 Å². The van der Waals surface area contributed by atoms with E-state index in [1.54, 1.807) is 0 Å². The van der Waals surface area contributed by atoms with Crippen LogP contribution < -0.4 is 10.6 Å². The molecule has 0 bridgehead atoms. The molecule has 1 rings (SSSR count). The van der Waals surface area contributed by atoms with Gasteiger partial charge in [0.15, 0.2) is 0 Å². The fraction of sp³-hybridized carbons (Fsp3) is 0.769. The van der Waals surface area contributed by atoms with Gasteiger partial charge in [0, 0.05) is 37.3 Å². The normalized spacial score (nSPS) is 22.7. The van der Waals surface area contributed by atoms with Crippen LogP contribution in [0, 0.1) is 11.3 Å². The van der Waals surface area contributed by atoms with Gasteiger partial charge in [-0.15, -0.1) is 6.58 Å². The maximum Gasteiger partial charge on any atom is 0.0270 e. The summed E-state index contributed by atoms with van der Waals surface area (Å²) in [5, 5.41) is 14.9. The first-order chi connectivity index (χ1) is 7.75. The second-order valence-corrected chi connectivity index (χ2v) is 4.61. The summed E-state index contributed by atoms with van der Waals surface area (Å²) < 4.78 is 0. The molecule has 16 heavy (non-hydrogen) atoms. The molecular formula is C13H25N3. The van der Waals surface area contributed by atoms with Gasteiger partial charge in [-0.1, -0.05) is 13.0 Å². The molecular weight excluding hydrogens is 198 g/mol. The van der Waals surface area contributed by atoms with Gasteiger partial charge >= 0.3 is 0 Å². The third-order valence-corrected chi connectivity index (χ3v) is 3.33. The predicted molar refractivity (Wildman–Crippen MR) is 70.2 cm³/mol. The van der Waals surface area contributed by atoms with Crippen molar-refractivity contribution in [3.05, 3.63) is 12.7 Å². The summed E-state index contributed by atoms with van der Waals surface area (Å²) in [6.45, 7) is 8.96. The second kappa shape index (κ2) is 7.58. The van der Waals surface area contributed by atoms with Crippen molar-refractivity contribution in [3.8, 4) is 0 Å². The van der Waals surface area contributed by atoms with Gasteiger partial charge in [-0.3, -0.25) is 0 Å². The highest BCUT2D eigenvalue weighted by Gasteiger charge is 2.21. The van der Waals surface area contributed by atoms with Crippen molar-refractivity contribution in [2.24, 2.45) is 5.92 Å². The Morgan fingerprint density at radius 3 is 2.94 bits per heavy atom. The minimum absolute atomic E-state index is 0.358. The fourth-order valence-electron chi connectivity index (χ4n) is 2.10. The molecule has 0 amide bonds. The van der Waals surface area contributed by atoms with E-state index >= 15 is 0 Å². The zero-order valence-electron chi connectivity index (χ0n) is 10.4. The molecule has 2 unspecified atom stereocenters. The number of piperazine rings is 1. The standard InChI is InChI=1S/C13H25N3/c1-3-4-5-6-7-12(14)11(2)13-10-15-8-9-16-13/h3,11,13-16H,1,4-10H2,2H3. The molecule has 2 atom stereocenters. The summed E-state index contributed by atoms with van der Waals surface area (Å²) in [4.78, 5) is 0. The lowest BCUT2D eigenvalue weighted by atomic mass is 9.92. The van der Waals surface area contributed by atoms with Gasteiger partial charge in [0.2, 0.25) is 0 Å². The van der Waals surface area contributed by atoms with Gasteiger partial charge in [0.25, 0.3) is 0 Å². The molecule has 1 aliphatic heterocycles. The number of nitrogens with one attached hydrogen (secondary N) is 3. The largest absolute Gasteiger partial charge is 0.314 e. The maximum absolute atomic E-state index is 8.07. The number of hydrogen-bond acceptors (Lipinski definition) is 3. The zero-order chi connectivity index (χ0) is 11.8. The number of rotatable bonds is 7. The van der Waals surface area contributed by atoms with E-state index in [2.05, 4.69) is 24.1 Å². The summed E-state index contributed by atoms with van der Waals surface area (Å²) in [6.07, 6.45) is 6.25. The quantitative estimate of drug-likeness (QED) is 0.351. The molecule has 0 aromatic rings. The van der Waals surface area contributed by atoms with Gasteiger partial charge in [-0.2, -0.15) is 0 Å². The maximum atomic E-state index is 8.07. The molecule has 92 valence electrons. The van der Waals surface area contributed by atoms with Gasteiger partial charge < -0.3 is 16.0 Å². The van der Waals surface area contributed by atoms with Crippen LogP contribution in [0.2, 0.25) is 0 Å². The number of unbranched alkanes of at least 4 members (excludes halogenated alkanes) is 2. The SMILES string of the molecule is C=CCCCCC(=N)C(C)C1CNCCN1. The smallest absolute Gasteiger partial charge is 0.0270 e. The third kappa shape index (κ3) is 4.45. The first-order valence-corrected chi connectivity index (χ1v) is 6.38. The van der Waals surface area contributed by atoms with E-state index in [1.165, 1.54) is 0 Å². The molecule has 0 spiro atoms. The monoisotopic (exact) mass is 223 g/mol. The Kier molecular flexibility index (Phi) is 6.34. The highest BCUT2D eigenvalue weighted by atomic mass is 15.1. The van der Waals surface area contributed by atoms with Crippen LogP contribution in [-0.2, 0) is 0 Å². The average Bonchev–Trinajstić information content (AvgIpc) is 2.34. The van der Waals surface area contributed by atoms with Crippen molar-refractivity contribution in [1.82, 2.24) is 10.6 Å². The Labute approximate surface area is 99.2 Å². The molecule has 1 aliphatic rings. The topological polar surface area (TPSA) is 47.9 Å². The first kappa shape index (κ1) is 13.4. The molecule has 0 aromatic carbocycles. The van der Waals surface area contributed by atoms with Crippen molar-refractivity contribution in [2.45, 2.75) is 38.6 Å². The third-order valence-electron chi connectivity index (χ3n) is 3.33. The lowest BCUT2D eigenvalue weighted by molar-refractivity contribution is 0.371. The molecule has 3 nitrogen and oxygen atoms in total. The predicted octanol–water partition coefficient (Wildman–Crippen LogP) is 1.95. The summed E-state index contributed by atoms with van der Waals surface area (Å²) in [5.74, 6) is 0.358. The van der Waals surface area contributed by atoms with Crippen LogP contribution >= 0.6 is 0 Å². The summed E-state index contributed by atoms with van der Waals surface area (Å²) in [5.41, 5.74) is 0.894. The van der Waals surface area contributed by atoms with E-state index in [4.69, 9.17) is 5.41 Å². The molecule has 0 radical (unpaired) electrons. The molecule has 1 fully saturated rings. The highest BCUT2D eigenvalue weighted by Crippen LogP contribution is 2.12. The van der Waals surface area contributed by atoms with Crippen LogP contribution in [0.5, 0.6) is 0 Å². The Hall–Kier alpha value is -0.670. The summed E-state index contributed by atoms with van der Waals surface area (Å²) >= 11 is 0. The van der Waals surface area contributed by atoms with Gasteiger partial charge in [0.1, 0.15) is 0 Å². The van der Waals surface area contributed by atoms with Crippen molar-refractivity contribution in [2.75, 3.05) is 19.6 Å². The first-order valence-electron chi connectivity index (χ1n) is 6.38. The van der Waals surface area contributed by atoms with Crippen molar-refractivity contribution >= 4 is 5.71 Å². The van der Waals surface area contributed by atoms with Crippen molar-refractivity contribution < 1.29 is 0 Å². The molecule has 1 saturated heterocycles. The highest BCUT2D eigenvalue weighted by molar-refractivity contribution is 5.84. The molecule has 3 heteroatoms. The van der Waals surface area contributed by atoms with E-state index in [1.807, 2.05) is 6.08 Å². The summed E-state index contributed by atoms with van der Waals surface area (Å²) in [7, 11) is 0. The Bertz CT molecular complexity index is 219. The second-order valence-electron chi connectivity index (χ2n) is 4.61. The molecule has 1 heterocycles. The Morgan fingerprint density at radius 1 is 1.50 bits per heavy atom. The van der Waals surface area contributed by atoms with Crippen LogP contribution in [0.1, 0.15) is 32.6 Å². The Balaban J connectivity index is 2.20. The molecule has 0 saturated carbocycles. The number of allylic oxidation sites excluding steroid dienone is 1. The lowest BCUT2D eigenvalue weighted by Gasteiger charge is -2.30.